The third-order valence-corrected chi connectivity index (χ3v) is 10.9. The number of likely N-dealkylation sites (tertiary alicyclic amines) is 1. The van der Waals surface area contributed by atoms with Gasteiger partial charge in [0.1, 0.15) is 5.82 Å². The smallest absolute Gasteiger partial charge is 0.310 e. The third-order valence-electron chi connectivity index (χ3n) is 9.34. The fourth-order valence-corrected chi connectivity index (χ4v) is 7.41. The average Bonchev–Trinajstić information content (AvgIpc) is 3.56. The third kappa shape index (κ3) is 7.43. The van der Waals surface area contributed by atoms with Crippen molar-refractivity contribution in [3.63, 3.8) is 0 Å². The van der Waals surface area contributed by atoms with E-state index in [1.807, 2.05) is 74.5 Å². The number of aromatic nitrogens is 2. The molecule has 0 aliphatic carbocycles. The van der Waals surface area contributed by atoms with Gasteiger partial charge in [-0.25, -0.2) is 14.4 Å². The monoisotopic (exact) mass is 689 g/mol. The highest BCUT2D eigenvalue weighted by Gasteiger charge is 2.39. The van der Waals surface area contributed by atoms with E-state index in [9.17, 15) is 19.5 Å². The van der Waals surface area contributed by atoms with Gasteiger partial charge < -0.3 is 10.0 Å². The van der Waals surface area contributed by atoms with Crippen LogP contribution in [0.2, 0.25) is 0 Å². The van der Waals surface area contributed by atoms with Crippen LogP contribution < -0.4 is 0 Å². The maximum atomic E-state index is 15.3. The van der Waals surface area contributed by atoms with Crippen LogP contribution in [0.15, 0.2) is 85.2 Å². The van der Waals surface area contributed by atoms with Gasteiger partial charge in [0.2, 0.25) is 5.91 Å². The van der Waals surface area contributed by atoms with Crippen molar-refractivity contribution in [3.8, 4) is 33.6 Å². The first kappa shape index (κ1) is 34.8. The summed E-state index contributed by atoms with van der Waals surface area (Å²) in [6.45, 7) is 10.6. The Morgan fingerprint density at radius 1 is 0.900 bits per heavy atom. The van der Waals surface area contributed by atoms with Crippen LogP contribution in [-0.2, 0) is 21.4 Å². The number of aryl methyl sites for hydroxylation is 2. The largest absolute Gasteiger partial charge is 0.481 e. The number of carboxylic acid groups (broad SMARTS) is 1. The Balaban J connectivity index is 1.17. The van der Waals surface area contributed by atoms with E-state index in [2.05, 4.69) is 30.7 Å². The molecular weight excluding hydrogens is 650 g/mol. The number of carbonyl (C=O) groups is 3. The minimum absolute atomic E-state index is 0.0333. The summed E-state index contributed by atoms with van der Waals surface area (Å²) in [7, 11) is 0. The topological polar surface area (TPSA) is 100 Å². The van der Waals surface area contributed by atoms with Crippen LogP contribution in [0.3, 0.4) is 0 Å². The minimum atomic E-state index is -0.919. The molecule has 5 aromatic rings. The van der Waals surface area contributed by atoms with Gasteiger partial charge >= 0.3 is 5.97 Å². The number of amides is 1. The number of carboxylic acids is 1. The zero-order valence-corrected chi connectivity index (χ0v) is 29.7. The molecule has 1 aliphatic heterocycles. The number of carbonyl (C=O) groups excluding carboxylic acids is 2. The highest BCUT2D eigenvalue weighted by Crippen LogP contribution is 2.33. The zero-order valence-electron chi connectivity index (χ0n) is 28.9. The Labute approximate surface area is 295 Å². The van der Waals surface area contributed by atoms with Gasteiger partial charge in [-0.05, 0) is 71.7 Å². The van der Waals surface area contributed by atoms with Crippen LogP contribution in [0.1, 0.15) is 58.4 Å². The maximum Gasteiger partial charge on any atom is 0.310 e. The molecule has 1 N–H and O–H groups in total. The first-order valence-electron chi connectivity index (χ1n) is 16.7. The lowest BCUT2D eigenvalue weighted by molar-refractivity contribution is -0.154. The number of thiophene rings is 1. The Hall–Kier alpha value is -5.02. The highest BCUT2D eigenvalue weighted by molar-refractivity contribution is 7.14. The number of halogens is 1. The van der Waals surface area contributed by atoms with E-state index >= 15 is 4.39 Å². The Morgan fingerprint density at radius 3 is 2.12 bits per heavy atom. The fraction of sp³-hybridized carbons (Fsp3) is 0.293. The summed E-state index contributed by atoms with van der Waals surface area (Å²) in [5.74, 6) is -2.30. The number of hydrogen-bond donors (Lipinski definition) is 1. The van der Waals surface area contributed by atoms with Gasteiger partial charge in [-0.15, -0.1) is 11.3 Å². The highest BCUT2D eigenvalue weighted by atomic mass is 32.1. The standard InChI is InChI=1S/C41H40FN3O4S/c1-24-7-6-8-25(2)37(24)28-13-14-32(33(42)18-28)30-20-43-38(44-21-30)27-11-9-26(10-12-27)17-29(39(47)45-22-31(23-45)40(48)49)19-34(46)35-15-16-36(50-35)41(3,4)5/h6-16,18,20-21,29,31H,17,19,22-23H2,1-5H3,(H,48,49)/t29-/m1/s1. The summed E-state index contributed by atoms with van der Waals surface area (Å²) in [6.07, 6.45) is 3.58. The van der Waals surface area contributed by atoms with Gasteiger partial charge in [-0.2, -0.15) is 0 Å². The maximum absolute atomic E-state index is 15.3. The van der Waals surface area contributed by atoms with Crippen molar-refractivity contribution >= 4 is 29.0 Å². The van der Waals surface area contributed by atoms with Crippen molar-refractivity contribution < 1.29 is 23.9 Å². The molecule has 2 aromatic heterocycles. The number of hydrogen-bond acceptors (Lipinski definition) is 6. The number of ketones is 1. The van der Waals surface area contributed by atoms with Crippen LogP contribution in [0, 0.1) is 31.5 Å². The van der Waals surface area contributed by atoms with E-state index in [0.717, 1.165) is 38.3 Å². The van der Waals surface area contributed by atoms with Gasteiger partial charge in [0.25, 0.3) is 0 Å². The fourth-order valence-electron chi connectivity index (χ4n) is 6.40. The van der Waals surface area contributed by atoms with Crippen molar-refractivity contribution in [1.29, 1.82) is 0 Å². The molecule has 3 heterocycles. The second-order valence-corrected chi connectivity index (χ2v) is 15.3. The molecule has 1 fully saturated rings. The van der Waals surface area contributed by atoms with E-state index in [1.165, 1.54) is 16.2 Å². The molecular formula is C41H40FN3O4S. The summed E-state index contributed by atoms with van der Waals surface area (Å²) in [6, 6.07) is 22.6. The normalized spacial score (nSPS) is 13.9. The molecule has 6 rings (SSSR count). The first-order valence-corrected chi connectivity index (χ1v) is 17.5. The lowest BCUT2D eigenvalue weighted by atomic mass is 9.89. The van der Waals surface area contributed by atoms with Gasteiger partial charge in [-0.1, -0.05) is 75.4 Å². The predicted octanol–water partition coefficient (Wildman–Crippen LogP) is 8.57. The lowest BCUT2D eigenvalue weighted by Gasteiger charge is -2.38. The van der Waals surface area contributed by atoms with E-state index < -0.39 is 17.8 Å². The van der Waals surface area contributed by atoms with E-state index in [4.69, 9.17) is 0 Å². The second-order valence-electron chi connectivity index (χ2n) is 14.2. The van der Waals surface area contributed by atoms with Crippen molar-refractivity contribution in [2.24, 2.45) is 11.8 Å². The average molecular weight is 690 g/mol. The molecule has 7 nitrogen and oxygen atoms in total. The molecule has 256 valence electrons. The summed E-state index contributed by atoms with van der Waals surface area (Å²) in [5.41, 5.74) is 6.54. The summed E-state index contributed by atoms with van der Waals surface area (Å²) >= 11 is 1.45. The van der Waals surface area contributed by atoms with Gasteiger partial charge in [0.15, 0.2) is 11.6 Å². The quantitative estimate of drug-likeness (QED) is 0.148. The van der Waals surface area contributed by atoms with Crippen LogP contribution in [0.5, 0.6) is 0 Å². The Kier molecular flexibility index (Phi) is 9.80. The zero-order chi connectivity index (χ0) is 35.7. The van der Waals surface area contributed by atoms with Gasteiger partial charge in [0, 0.05) is 59.4 Å². The van der Waals surface area contributed by atoms with Crippen LogP contribution in [0.25, 0.3) is 33.6 Å². The molecule has 1 atom stereocenters. The van der Waals surface area contributed by atoms with Crippen LogP contribution in [-0.4, -0.2) is 50.7 Å². The summed E-state index contributed by atoms with van der Waals surface area (Å²) in [5, 5.41) is 9.32. The second kappa shape index (κ2) is 14.1. The molecule has 0 unspecified atom stereocenters. The van der Waals surface area contributed by atoms with E-state index in [-0.39, 0.29) is 42.4 Å². The van der Waals surface area contributed by atoms with Gasteiger partial charge in [0.05, 0.1) is 10.8 Å². The Bertz CT molecular complexity index is 2040. The van der Waals surface area contributed by atoms with E-state index in [1.54, 1.807) is 24.5 Å². The minimum Gasteiger partial charge on any atom is -0.481 e. The molecule has 50 heavy (non-hydrogen) atoms. The number of nitrogens with zero attached hydrogens (tertiary/aromatic N) is 3. The van der Waals surface area contributed by atoms with Crippen molar-refractivity contribution in [3.05, 3.63) is 117 Å². The Morgan fingerprint density at radius 2 is 1.54 bits per heavy atom. The molecule has 0 radical (unpaired) electrons. The molecule has 9 heteroatoms. The van der Waals surface area contributed by atoms with Crippen LogP contribution in [0.4, 0.5) is 4.39 Å². The lowest BCUT2D eigenvalue weighted by Crippen LogP contribution is -2.55. The SMILES string of the molecule is Cc1cccc(C)c1-c1ccc(-c2cnc(-c3ccc(C[C@H](CC(=O)c4ccc(C(C)(C)C)s4)C(=O)N4CC(C(=O)O)C4)cc3)nc2)c(F)c1. The number of Topliss-reactive ketones (excluding diaryl/α,β-unsaturated/α-hetero) is 1. The molecule has 1 amide bonds. The molecule has 3 aromatic carbocycles. The van der Waals surface area contributed by atoms with Crippen molar-refractivity contribution in [2.75, 3.05) is 13.1 Å². The summed E-state index contributed by atoms with van der Waals surface area (Å²) in [4.78, 5) is 50.6. The molecule has 0 bridgehead atoms. The van der Waals surface area contributed by atoms with Crippen LogP contribution >= 0.6 is 11.3 Å². The molecule has 0 spiro atoms. The van der Waals surface area contributed by atoms with Crippen molar-refractivity contribution in [2.45, 2.75) is 52.9 Å². The predicted molar refractivity (Wildman–Crippen MR) is 195 cm³/mol. The first-order chi connectivity index (χ1) is 23.8. The molecule has 0 saturated carbocycles. The van der Waals surface area contributed by atoms with Gasteiger partial charge in [-0.3, -0.25) is 14.4 Å². The summed E-state index contributed by atoms with van der Waals surface area (Å²) < 4.78 is 15.3. The number of aliphatic carboxylic acids is 1. The molecule has 1 saturated heterocycles. The molecule has 1 aliphatic rings. The number of benzene rings is 3. The number of rotatable bonds is 10. The van der Waals surface area contributed by atoms with Crippen molar-refractivity contribution in [1.82, 2.24) is 14.9 Å². The van der Waals surface area contributed by atoms with E-state index in [0.29, 0.717) is 28.2 Å².